The lowest BCUT2D eigenvalue weighted by Gasteiger charge is -2.07. The van der Waals surface area contributed by atoms with Crippen molar-refractivity contribution in [3.05, 3.63) is 46.2 Å². The minimum Gasteiger partial charge on any atom is -0.352 e. The van der Waals surface area contributed by atoms with Crippen molar-refractivity contribution >= 4 is 29.2 Å². The predicted molar refractivity (Wildman–Crippen MR) is 82.4 cm³/mol. The SMILES string of the molecule is Cl.NCCCCNC(=O)c1cc(=O)[nH]c2ccccc12. The van der Waals surface area contributed by atoms with E-state index in [0.29, 0.717) is 24.2 Å². The van der Waals surface area contributed by atoms with Crippen molar-refractivity contribution < 1.29 is 4.79 Å². The van der Waals surface area contributed by atoms with Crippen molar-refractivity contribution in [3.63, 3.8) is 0 Å². The number of hydrogen-bond donors (Lipinski definition) is 3. The fourth-order valence-corrected chi connectivity index (χ4v) is 1.96. The van der Waals surface area contributed by atoms with E-state index in [1.54, 1.807) is 6.07 Å². The van der Waals surface area contributed by atoms with Gasteiger partial charge in [-0.25, -0.2) is 0 Å². The molecule has 108 valence electrons. The molecule has 0 radical (unpaired) electrons. The van der Waals surface area contributed by atoms with Crippen molar-refractivity contribution in [1.29, 1.82) is 0 Å². The average molecular weight is 296 g/mol. The van der Waals surface area contributed by atoms with E-state index in [1.807, 2.05) is 18.2 Å². The Balaban J connectivity index is 0.00000200. The van der Waals surface area contributed by atoms with Crippen molar-refractivity contribution in [2.24, 2.45) is 5.73 Å². The summed E-state index contributed by atoms with van der Waals surface area (Å²) in [5, 5.41) is 3.55. The summed E-state index contributed by atoms with van der Waals surface area (Å²) in [6.45, 7) is 1.18. The summed E-state index contributed by atoms with van der Waals surface area (Å²) in [4.78, 5) is 26.3. The number of rotatable bonds is 5. The zero-order valence-electron chi connectivity index (χ0n) is 11.0. The van der Waals surface area contributed by atoms with Gasteiger partial charge < -0.3 is 16.0 Å². The first kappa shape index (κ1) is 16.2. The molecule has 0 aliphatic rings. The highest BCUT2D eigenvalue weighted by molar-refractivity contribution is 6.05. The van der Waals surface area contributed by atoms with Crippen LogP contribution in [0.4, 0.5) is 0 Å². The molecule has 1 aromatic carbocycles. The molecule has 0 unspecified atom stereocenters. The van der Waals surface area contributed by atoms with E-state index in [9.17, 15) is 9.59 Å². The van der Waals surface area contributed by atoms with E-state index in [4.69, 9.17) is 5.73 Å². The number of pyridine rings is 1. The molecule has 2 rings (SSSR count). The van der Waals surface area contributed by atoms with Gasteiger partial charge in [0, 0.05) is 23.5 Å². The van der Waals surface area contributed by atoms with Gasteiger partial charge in [-0.3, -0.25) is 9.59 Å². The lowest BCUT2D eigenvalue weighted by molar-refractivity contribution is 0.0954. The number of fused-ring (bicyclic) bond motifs is 1. The molecule has 0 atom stereocenters. The van der Waals surface area contributed by atoms with Crippen LogP contribution in [0.15, 0.2) is 35.1 Å². The Morgan fingerprint density at radius 1 is 1.25 bits per heavy atom. The van der Waals surface area contributed by atoms with Crippen molar-refractivity contribution in [2.75, 3.05) is 13.1 Å². The van der Waals surface area contributed by atoms with E-state index >= 15 is 0 Å². The first-order valence-corrected chi connectivity index (χ1v) is 6.32. The second kappa shape index (κ2) is 7.67. The van der Waals surface area contributed by atoms with Gasteiger partial charge in [0.2, 0.25) is 5.56 Å². The molecule has 5 nitrogen and oxygen atoms in total. The quantitative estimate of drug-likeness (QED) is 0.729. The Morgan fingerprint density at radius 3 is 2.75 bits per heavy atom. The van der Waals surface area contributed by atoms with Gasteiger partial charge >= 0.3 is 0 Å². The number of nitrogens with one attached hydrogen (secondary N) is 2. The fourth-order valence-electron chi connectivity index (χ4n) is 1.96. The Hall–Kier alpha value is -1.85. The van der Waals surface area contributed by atoms with E-state index in [2.05, 4.69) is 10.3 Å². The molecule has 0 saturated carbocycles. The standard InChI is InChI=1S/C14H17N3O2.ClH/c15-7-3-4-8-16-14(19)11-9-13(18)17-12-6-2-1-5-10(11)12;/h1-2,5-6,9H,3-4,7-8,15H2,(H,16,19)(H,17,18);1H. The first-order chi connectivity index (χ1) is 9.22. The number of aromatic amines is 1. The highest BCUT2D eigenvalue weighted by Crippen LogP contribution is 2.14. The smallest absolute Gasteiger partial charge is 0.252 e. The van der Waals surface area contributed by atoms with Crippen LogP contribution in [0, 0.1) is 0 Å². The molecule has 0 fully saturated rings. The monoisotopic (exact) mass is 295 g/mol. The number of carbonyl (C=O) groups excluding carboxylic acids is 1. The average Bonchev–Trinajstić information content (AvgIpc) is 2.42. The lowest BCUT2D eigenvalue weighted by atomic mass is 10.1. The van der Waals surface area contributed by atoms with Gasteiger partial charge in [0.25, 0.3) is 5.91 Å². The van der Waals surface area contributed by atoms with E-state index < -0.39 is 0 Å². The van der Waals surface area contributed by atoms with Crippen LogP contribution < -0.4 is 16.6 Å². The summed E-state index contributed by atoms with van der Waals surface area (Å²) in [7, 11) is 0. The van der Waals surface area contributed by atoms with Crippen LogP contribution in [0.25, 0.3) is 10.9 Å². The number of carbonyl (C=O) groups is 1. The van der Waals surface area contributed by atoms with Gasteiger partial charge in [0.05, 0.1) is 5.56 Å². The maximum absolute atomic E-state index is 12.1. The maximum atomic E-state index is 12.1. The molecule has 0 spiro atoms. The number of unbranched alkanes of at least 4 members (excludes halogenated alkanes) is 1. The largest absolute Gasteiger partial charge is 0.352 e. The molecule has 0 saturated heterocycles. The molecular weight excluding hydrogens is 278 g/mol. The molecule has 20 heavy (non-hydrogen) atoms. The number of halogens is 1. The van der Waals surface area contributed by atoms with Gasteiger partial charge in [-0.15, -0.1) is 12.4 Å². The number of benzene rings is 1. The second-order valence-corrected chi connectivity index (χ2v) is 4.34. The van der Waals surface area contributed by atoms with Gasteiger partial charge in [-0.1, -0.05) is 18.2 Å². The predicted octanol–water partition coefficient (Wildman–Crippen LogP) is 1.42. The van der Waals surface area contributed by atoms with Crippen molar-refractivity contribution in [2.45, 2.75) is 12.8 Å². The summed E-state index contributed by atoms with van der Waals surface area (Å²) in [6.07, 6.45) is 1.71. The van der Waals surface area contributed by atoms with Crippen LogP contribution >= 0.6 is 12.4 Å². The minimum atomic E-state index is -0.272. The van der Waals surface area contributed by atoms with Crippen LogP contribution in [0.3, 0.4) is 0 Å². The van der Waals surface area contributed by atoms with Crippen LogP contribution in [-0.2, 0) is 0 Å². The Morgan fingerprint density at radius 2 is 2.00 bits per heavy atom. The molecule has 0 aliphatic carbocycles. The topological polar surface area (TPSA) is 88.0 Å². The molecule has 1 amide bonds. The number of nitrogens with two attached hydrogens (primary N) is 1. The number of H-pyrrole nitrogens is 1. The highest BCUT2D eigenvalue weighted by Gasteiger charge is 2.10. The second-order valence-electron chi connectivity index (χ2n) is 4.34. The molecule has 0 bridgehead atoms. The van der Waals surface area contributed by atoms with E-state index in [0.717, 1.165) is 18.2 Å². The highest BCUT2D eigenvalue weighted by atomic mass is 35.5. The fraction of sp³-hybridized carbons (Fsp3) is 0.286. The van der Waals surface area contributed by atoms with Crippen LogP contribution in [0.5, 0.6) is 0 Å². The van der Waals surface area contributed by atoms with Crippen molar-refractivity contribution in [3.8, 4) is 0 Å². The minimum absolute atomic E-state index is 0. The maximum Gasteiger partial charge on any atom is 0.252 e. The van der Waals surface area contributed by atoms with Gasteiger partial charge in [0.15, 0.2) is 0 Å². The number of hydrogen-bond acceptors (Lipinski definition) is 3. The summed E-state index contributed by atoms with van der Waals surface area (Å²) in [5.41, 5.74) is 6.20. The van der Waals surface area contributed by atoms with Gasteiger partial charge in [-0.2, -0.15) is 0 Å². The van der Waals surface area contributed by atoms with Gasteiger partial charge in [0.1, 0.15) is 0 Å². The lowest BCUT2D eigenvalue weighted by Crippen LogP contribution is -2.26. The third-order valence-electron chi connectivity index (χ3n) is 2.91. The third-order valence-corrected chi connectivity index (χ3v) is 2.91. The van der Waals surface area contributed by atoms with Crippen LogP contribution in [0.1, 0.15) is 23.2 Å². The Kier molecular flexibility index (Phi) is 6.21. The summed E-state index contributed by atoms with van der Waals surface area (Å²) in [6, 6.07) is 8.59. The number of amides is 1. The van der Waals surface area contributed by atoms with Gasteiger partial charge in [-0.05, 0) is 25.5 Å². The zero-order chi connectivity index (χ0) is 13.7. The Bertz CT molecular complexity index is 640. The van der Waals surface area contributed by atoms with E-state index in [1.165, 1.54) is 6.07 Å². The summed E-state index contributed by atoms with van der Waals surface area (Å²) >= 11 is 0. The number of aromatic nitrogens is 1. The van der Waals surface area contributed by atoms with E-state index in [-0.39, 0.29) is 23.9 Å². The van der Waals surface area contributed by atoms with Crippen molar-refractivity contribution in [1.82, 2.24) is 10.3 Å². The first-order valence-electron chi connectivity index (χ1n) is 6.32. The molecular formula is C14H18ClN3O2. The summed E-state index contributed by atoms with van der Waals surface area (Å²) < 4.78 is 0. The molecule has 6 heteroatoms. The summed E-state index contributed by atoms with van der Waals surface area (Å²) in [5.74, 6) is -0.223. The molecule has 1 heterocycles. The molecule has 1 aromatic heterocycles. The third kappa shape index (κ3) is 3.82. The Labute approximate surface area is 123 Å². The molecule has 4 N–H and O–H groups in total. The van der Waals surface area contributed by atoms with Crippen LogP contribution in [0.2, 0.25) is 0 Å². The number of para-hydroxylation sites is 1. The molecule has 0 aliphatic heterocycles. The van der Waals surface area contributed by atoms with Crippen LogP contribution in [-0.4, -0.2) is 24.0 Å². The zero-order valence-corrected chi connectivity index (χ0v) is 11.8. The molecule has 2 aromatic rings. The normalized spacial score (nSPS) is 10.1.